The molecule has 0 fully saturated rings. The fourth-order valence-corrected chi connectivity index (χ4v) is 3.01. The normalized spacial score (nSPS) is 10.3. The number of hydrogen-bond donors (Lipinski definition) is 2. The molecule has 2 N–H and O–H groups in total. The number of ether oxygens (including phenoxy) is 1. The molecule has 3 rings (SSSR count). The van der Waals surface area contributed by atoms with Crippen LogP contribution in [0.1, 0.15) is 11.3 Å². The number of methoxy groups -OCH3 is 1. The minimum absolute atomic E-state index is 0.0549. The summed E-state index contributed by atoms with van der Waals surface area (Å²) < 4.78 is 5.20. The number of carbonyl (C=O) groups excluding carboxylic acids is 1. The first-order chi connectivity index (χ1) is 12.7. The number of thiazole rings is 1. The second kappa shape index (κ2) is 8.91. The van der Waals surface area contributed by atoms with E-state index in [1.54, 1.807) is 25.6 Å². The number of nitrogens with one attached hydrogen (secondary N) is 2. The molecule has 0 atom stereocenters. The van der Waals surface area contributed by atoms with Crippen molar-refractivity contribution in [2.24, 2.45) is 0 Å². The van der Waals surface area contributed by atoms with Crippen molar-refractivity contribution < 1.29 is 9.53 Å². The summed E-state index contributed by atoms with van der Waals surface area (Å²) in [6.45, 7) is 0.569. The molecule has 2 aromatic heterocycles. The van der Waals surface area contributed by atoms with E-state index in [2.05, 4.69) is 25.6 Å². The first-order valence-corrected chi connectivity index (χ1v) is 8.99. The Hall–Kier alpha value is -3.00. The fraction of sp³-hybridized carbons (Fsp3) is 0.222. The third kappa shape index (κ3) is 5.25. The predicted molar refractivity (Wildman–Crippen MR) is 101 cm³/mol. The maximum atomic E-state index is 12.1. The number of aromatic nitrogens is 3. The van der Waals surface area contributed by atoms with Crippen LogP contribution in [0.4, 0.5) is 11.1 Å². The van der Waals surface area contributed by atoms with Crippen LogP contribution in [0.2, 0.25) is 0 Å². The third-order valence-corrected chi connectivity index (χ3v) is 4.35. The van der Waals surface area contributed by atoms with Gasteiger partial charge in [0.1, 0.15) is 5.75 Å². The molecule has 26 heavy (non-hydrogen) atoms. The zero-order valence-corrected chi connectivity index (χ0v) is 15.1. The molecule has 7 nitrogen and oxygen atoms in total. The quantitative estimate of drug-likeness (QED) is 0.634. The molecule has 0 aliphatic carbocycles. The van der Waals surface area contributed by atoms with Crippen LogP contribution in [0.5, 0.6) is 5.75 Å². The highest BCUT2D eigenvalue weighted by molar-refractivity contribution is 7.13. The van der Waals surface area contributed by atoms with Crippen LogP contribution in [0.15, 0.2) is 48.1 Å². The molecule has 134 valence electrons. The largest absolute Gasteiger partial charge is 0.497 e. The molecule has 3 aromatic rings. The van der Waals surface area contributed by atoms with Gasteiger partial charge >= 0.3 is 0 Å². The summed E-state index contributed by atoms with van der Waals surface area (Å²) in [7, 11) is 1.64. The van der Waals surface area contributed by atoms with Gasteiger partial charge in [-0.1, -0.05) is 12.1 Å². The molecular weight excluding hydrogens is 350 g/mol. The number of amides is 1. The summed E-state index contributed by atoms with van der Waals surface area (Å²) in [6, 6.07) is 9.57. The lowest BCUT2D eigenvalue weighted by Crippen LogP contribution is -2.27. The zero-order valence-electron chi connectivity index (χ0n) is 14.3. The second-order valence-corrected chi connectivity index (χ2v) is 6.33. The highest BCUT2D eigenvalue weighted by atomic mass is 32.1. The Morgan fingerprint density at radius 3 is 2.88 bits per heavy atom. The van der Waals surface area contributed by atoms with Crippen LogP contribution in [0.3, 0.4) is 0 Å². The van der Waals surface area contributed by atoms with Crippen LogP contribution in [0.25, 0.3) is 0 Å². The van der Waals surface area contributed by atoms with Crippen molar-refractivity contribution in [1.82, 2.24) is 20.3 Å². The van der Waals surface area contributed by atoms with Crippen LogP contribution in [0, 0.1) is 0 Å². The van der Waals surface area contributed by atoms with Gasteiger partial charge in [0, 0.05) is 24.3 Å². The van der Waals surface area contributed by atoms with Crippen molar-refractivity contribution in [1.29, 1.82) is 0 Å². The SMILES string of the molecule is COc1cccc(CCNC(=O)Cc2csc(Nc3ncccn3)n2)c1. The van der Waals surface area contributed by atoms with Crippen molar-refractivity contribution >= 4 is 28.3 Å². The van der Waals surface area contributed by atoms with E-state index in [0.29, 0.717) is 23.3 Å². The number of benzene rings is 1. The first kappa shape index (κ1) is 17.8. The summed E-state index contributed by atoms with van der Waals surface area (Å²) >= 11 is 1.42. The van der Waals surface area contributed by atoms with Gasteiger partial charge in [-0.3, -0.25) is 4.79 Å². The number of anilines is 2. The van der Waals surface area contributed by atoms with E-state index in [0.717, 1.165) is 17.7 Å². The maximum absolute atomic E-state index is 12.1. The summed E-state index contributed by atoms with van der Waals surface area (Å²) in [5.41, 5.74) is 1.83. The van der Waals surface area contributed by atoms with E-state index in [9.17, 15) is 4.79 Å². The fourth-order valence-electron chi connectivity index (χ4n) is 2.31. The monoisotopic (exact) mass is 369 g/mol. The van der Waals surface area contributed by atoms with Gasteiger partial charge in [0.2, 0.25) is 11.9 Å². The molecule has 0 aliphatic heterocycles. The van der Waals surface area contributed by atoms with Crippen LogP contribution < -0.4 is 15.4 Å². The van der Waals surface area contributed by atoms with Gasteiger partial charge in [-0.25, -0.2) is 15.0 Å². The number of carbonyl (C=O) groups is 1. The smallest absolute Gasteiger partial charge is 0.228 e. The van der Waals surface area contributed by atoms with Gasteiger partial charge in [0.25, 0.3) is 0 Å². The maximum Gasteiger partial charge on any atom is 0.228 e. The van der Waals surface area contributed by atoms with Crippen molar-refractivity contribution in [3.63, 3.8) is 0 Å². The Morgan fingerprint density at radius 2 is 2.08 bits per heavy atom. The van der Waals surface area contributed by atoms with Gasteiger partial charge in [-0.05, 0) is 30.2 Å². The number of rotatable bonds is 8. The molecule has 0 bridgehead atoms. The molecule has 2 heterocycles. The van der Waals surface area contributed by atoms with Gasteiger partial charge in [0.05, 0.1) is 19.2 Å². The molecule has 0 aliphatic rings. The highest BCUT2D eigenvalue weighted by Crippen LogP contribution is 2.18. The van der Waals surface area contributed by atoms with Crippen molar-refractivity contribution in [2.75, 3.05) is 19.0 Å². The molecule has 8 heteroatoms. The van der Waals surface area contributed by atoms with Crippen molar-refractivity contribution in [3.8, 4) is 5.75 Å². The molecule has 0 saturated carbocycles. The number of nitrogens with zero attached hydrogens (tertiary/aromatic N) is 3. The average molecular weight is 369 g/mol. The standard InChI is InChI=1S/C18H19N5O2S/c1-25-15-5-2-4-13(10-15)6-9-19-16(24)11-14-12-26-18(22-14)23-17-20-7-3-8-21-17/h2-5,7-8,10,12H,6,9,11H2,1H3,(H,19,24)(H,20,21,22,23). The minimum Gasteiger partial charge on any atom is -0.497 e. The molecule has 0 unspecified atom stereocenters. The van der Waals surface area contributed by atoms with E-state index in [1.807, 2.05) is 29.6 Å². The summed E-state index contributed by atoms with van der Waals surface area (Å²) in [5, 5.41) is 8.45. The lowest BCUT2D eigenvalue weighted by atomic mass is 10.1. The van der Waals surface area contributed by atoms with E-state index in [1.165, 1.54) is 11.3 Å². The predicted octanol–water partition coefficient (Wildman–Crippen LogP) is 2.59. The lowest BCUT2D eigenvalue weighted by molar-refractivity contribution is -0.120. The lowest BCUT2D eigenvalue weighted by Gasteiger charge is -2.06. The highest BCUT2D eigenvalue weighted by Gasteiger charge is 2.08. The second-order valence-electron chi connectivity index (χ2n) is 5.47. The minimum atomic E-state index is -0.0549. The third-order valence-electron chi connectivity index (χ3n) is 3.55. The average Bonchev–Trinajstić information content (AvgIpc) is 3.09. The Balaban J connectivity index is 1.45. The van der Waals surface area contributed by atoms with Gasteiger partial charge in [-0.15, -0.1) is 11.3 Å². The van der Waals surface area contributed by atoms with Crippen molar-refractivity contribution in [3.05, 3.63) is 59.4 Å². The zero-order chi connectivity index (χ0) is 18.2. The van der Waals surface area contributed by atoms with Gasteiger partial charge in [0.15, 0.2) is 5.13 Å². The Labute approximate surface area is 155 Å². The van der Waals surface area contributed by atoms with E-state index >= 15 is 0 Å². The molecule has 0 saturated heterocycles. The summed E-state index contributed by atoms with van der Waals surface area (Å²) in [6.07, 6.45) is 4.29. The molecule has 0 spiro atoms. The molecular formula is C18H19N5O2S. The molecule has 1 amide bonds. The van der Waals surface area contributed by atoms with E-state index in [4.69, 9.17) is 4.74 Å². The van der Waals surface area contributed by atoms with Crippen LogP contribution in [-0.2, 0) is 17.6 Å². The van der Waals surface area contributed by atoms with Crippen LogP contribution in [-0.4, -0.2) is 34.5 Å². The number of hydrogen-bond acceptors (Lipinski definition) is 7. The first-order valence-electron chi connectivity index (χ1n) is 8.11. The topological polar surface area (TPSA) is 89.0 Å². The van der Waals surface area contributed by atoms with E-state index < -0.39 is 0 Å². The van der Waals surface area contributed by atoms with Gasteiger partial charge < -0.3 is 15.4 Å². The van der Waals surface area contributed by atoms with Crippen molar-refractivity contribution in [2.45, 2.75) is 12.8 Å². The molecule has 1 aromatic carbocycles. The van der Waals surface area contributed by atoms with E-state index in [-0.39, 0.29) is 12.3 Å². The summed E-state index contributed by atoms with van der Waals surface area (Å²) in [4.78, 5) is 24.6. The Morgan fingerprint density at radius 1 is 1.23 bits per heavy atom. The van der Waals surface area contributed by atoms with Crippen LogP contribution >= 0.6 is 11.3 Å². The Kier molecular flexibility index (Phi) is 6.10. The molecule has 0 radical (unpaired) electrons. The summed E-state index contributed by atoms with van der Waals surface area (Å²) in [5.74, 6) is 1.25. The Bertz CT molecular complexity index is 854. The van der Waals surface area contributed by atoms with Gasteiger partial charge in [-0.2, -0.15) is 0 Å².